The molecule has 1 N–H and O–H groups in total. The van der Waals surface area contributed by atoms with E-state index in [0.717, 1.165) is 12.8 Å². The van der Waals surface area contributed by atoms with Crippen LogP contribution in [0.2, 0.25) is 0 Å². The average Bonchev–Trinajstić information content (AvgIpc) is 3.47. The molecule has 1 fully saturated rings. The maximum absolute atomic E-state index is 13.2. The molecule has 1 aromatic carbocycles. The number of aliphatic hydroxyl groups is 1. The summed E-state index contributed by atoms with van der Waals surface area (Å²) in [7, 11) is 0. The second kappa shape index (κ2) is 8.39. The summed E-state index contributed by atoms with van der Waals surface area (Å²) in [6.45, 7) is 3.31. The zero-order chi connectivity index (χ0) is 20.4. The fourth-order valence-electron chi connectivity index (χ4n) is 3.94. The Hall–Kier alpha value is -2.64. The molecule has 2 aliphatic rings. The second-order valence-corrected chi connectivity index (χ2v) is 7.98. The highest BCUT2D eigenvalue weighted by atomic mass is 32.1. The zero-order valence-corrected chi connectivity index (χ0v) is 17.0. The van der Waals surface area contributed by atoms with E-state index < -0.39 is 17.7 Å². The first-order valence-electron chi connectivity index (χ1n) is 9.77. The lowest BCUT2D eigenvalue weighted by molar-refractivity contribution is -0.131. The van der Waals surface area contributed by atoms with Crippen LogP contribution < -0.4 is 4.74 Å². The molecule has 1 aromatic heterocycles. The predicted octanol–water partition coefficient (Wildman–Crippen LogP) is 3.90. The van der Waals surface area contributed by atoms with Gasteiger partial charge in [-0.1, -0.05) is 24.3 Å². The summed E-state index contributed by atoms with van der Waals surface area (Å²) in [4.78, 5) is 28.3. The van der Waals surface area contributed by atoms with Gasteiger partial charge in [0.25, 0.3) is 5.91 Å². The van der Waals surface area contributed by atoms with Crippen LogP contribution in [0.1, 0.15) is 41.0 Å². The molecule has 7 heteroatoms. The van der Waals surface area contributed by atoms with Crippen LogP contribution in [-0.2, 0) is 9.53 Å². The first kappa shape index (κ1) is 19.7. The Morgan fingerprint density at radius 1 is 1.31 bits per heavy atom. The molecule has 6 nitrogen and oxygen atoms in total. The summed E-state index contributed by atoms with van der Waals surface area (Å²) in [6, 6.07) is 10.1. The summed E-state index contributed by atoms with van der Waals surface area (Å²) in [6.07, 6.45) is 1.68. The van der Waals surface area contributed by atoms with Gasteiger partial charge in [0.15, 0.2) is 5.76 Å². The number of carbonyl (C=O) groups is 2. The number of Topliss-reactive ketones (excluding diaryl/α,β-unsaturated/α-hetero) is 1. The van der Waals surface area contributed by atoms with Gasteiger partial charge in [0, 0.05) is 18.7 Å². The van der Waals surface area contributed by atoms with Gasteiger partial charge in [-0.3, -0.25) is 9.59 Å². The maximum atomic E-state index is 13.2. The molecule has 0 spiro atoms. The molecule has 0 aliphatic carbocycles. The Balaban J connectivity index is 1.79. The first-order chi connectivity index (χ1) is 14.1. The number of hydrogen-bond acceptors (Lipinski definition) is 6. The second-order valence-electron chi connectivity index (χ2n) is 7.03. The smallest absolute Gasteiger partial charge is 0.290 e. The van der Waals surface area contributed by atoms with Gasteiger partial charge in [-0.2, -0.15) is 0 Å². The number of hydrogen-bond donors (Lipinski definition) is 1. The third-order valence-electron chi connectivity index (χ3n) is 5.23. The topological polar surface area (TPSA) is 76.1 Å². The van der Waals surface area contributed by atoms with Gasteiger partial charge in [0.1, 0.15) is 5.75 Å². The Bertz CT molecular complexity index is 930. The minimum absolute atomic E-state index is 0.0996. The number of amides is 1. The van der Waals surface area contributed by atoms with E-state index in [1.807, 2.05) is 31.2 Å². The van der Waals surface area contributed by atoms with Crippen molar-refractivity contribution in [2.75, 3.05) is 19.8 Å². The van der Waals surface area contributed by atoms with Crippen LogP contribution in [0.15, 0.2) is 53.1 Å². The van der Waals surface area contributed by atoms with Crippen LogP contribution in [0, 0.1) is 0 Å². The highest BCUT2D eigenvalue weighted by molar-refractivity contribution is 7.12. The summed E-state index contributed by atoms with van der Waals surface area (Å²) in [5.74, 6) is -0.775. The molecule has 1 saturated heterocycles. The van der Waals surface area contributed by atoms with Crippen molar-refractivity contribution < 1.29 is 24.2 Å². The van der Waals surface area contributed by atoms with E-state index in [4.69, 9.17) is 9.47 Å². The Labute approximate surface area is 173 Å². The molecule has 0 saturated carbocycles. The summed E-state index contributed by atoms with van der Waals surface area (Å²) >= 11 is 1.29. The van der Waals surface area contributed by atoms with E-state index in [1.165, 1.54) is 11.3 Å². The van der Waals surface area contributed by atoms with Crippen molar-refractivity contribution in [1.29, 1.82) is 0 Å². The zero-order valence-electron chi connectivity index (χ0n) is 16.2. The highest BCUT2D eigenvalue weighted by Gasteiger charge is 2.46. The van der Waals surface area contributed by atoms with Crippen molar-refractivity contribution in [2.24, 2.45) is 0 Å². The van der Waals surface area contributed by atoms with Gasteiger partial charge in [0.05, 0.1) is 29.2 Å². The van der Waals surface area contributed by atoms with E-state index in [9.17, 15) is 14.7 Å². The number of aliphatic hydroxyl groups excluding tert-OH is 1. The van der Waals surface area contributed by atoms with Crippen molar-refractivity contribution in [3.05, 3.63) is 63.6 Å². The Kier molecular flexibility index (Phi) is 5.69. The molecule has 29 heavy (non-hydrogen) atoms. The van der Waals surface area contributed by atoms with Crippen LogP contribution in [0.25, 0.3) is 0 Å². The van der Waals surface area contributed by atoms with E-state index in [2.05, 4.69) is 0 Å². The van der Waals surface area contributed by atoms with E-state index in [0.29, 0.717) is 35.9 Å². The van der Waals surface area contributed by atoms with Gasteiger partial charge >= 0.3 is 0 Å². The predicted molar refractivity (Wildman–Crippen MR) is 109 cm³/mol. The molecule has 2 aliphatic heterocycles. The van der Waals surface area contributed by atoms with E-state index >= 15 is 0 Å². The van der Waals surface area contributed by atoms with Crippen molar-refractivity contribution in [1.82, 2.24) is 4.90 Å². The van der Waals surface area contributed by atoms with E-state index in [1.54, 1.807) is 22.4 Å². The number of para-hydroxylation sites is 1. The minimum atomic E-state index is -0.718. The average molecular weight is 413 g/mol. The molecule has 2 unspecified atom stereocenters. The van der Waals surface area contributed by atoms with E-state index in [-0.39, 0.29) is 17.5 Å². The number of benzene rings is 1. The van der Waals surface area contributed by atoms with Crippen LogP contribution in [0.4, 0.5) is 0 Å². The van der Waals surface area contributed by atoms with Crippen LogP contribution >= 0.6 is 11.3 Å². The largest absolute Gasteiger partial charge is 0.503 e. The lowest BCUT2D eigenvalue weighted by Gasteiger charge is -2.29. The van der Waals surface area contributed by atoms with Crippen molar-refractivity contribution in [3.8, 4) is 5.75 Å². The summed E-state index contributed by atoms with van der Waals surface area (Å²) < 4.78 is 11.5. The van der Waals surface area contributed by atoms with Gasteiger partial charge in [-0.25, -0.2) is 0 Å². The molecular formula is C22H23NO5S. The molecule has 152 valence electrons. The van der Waals surface area contributed by atoms with Crippen LogP contribution in [-0.4, -0.2) is 47.6 Å². The molecule has 2 atom stereocenters. The van der Waals surface area contributed by atoms with Crippen molar-refractivity contribution >= 4 is 23.0 Å². The standard InChI is InChI=1S/C22H23NO5S/c1-2-27-16-9-4-3-8-15(16)19-18(20(24)17-10-6-12-29-17)21(25)22(26)23(19)13-14-7-5-11-28-14/h3-4,6,8-10,12,14,19,25H,2,5,7,11,13H2,1H3. The number of ether oxygens (including phenoxy) is 2. The highest BCUT2D eigenvalue weighted by Crippen LogP contribution is 2.43. The molecule has 0 radical (unpaired) electrons. The third kappa shape index (κ3) is 3.68. The molecule has 4 rings (SSSR count). The maximum Gasteiger partial charge on any atom is 0.290 e. The van der Waals surface area contributed by atoms with Gasteiger partial charge in [0.2, 0.25) is 5.78 Å². The number of nitrogens with zero attached hydrogens (tertiary/aromatic N) is 1. The number of ketones is 1. The van der Waals surface area contributed by atoms with Crippen molar-refractivity contribution in [2.45, 2.75) is 31.9 Å². The summed E-state index contributed by atoms with van der Waals surface area (Å²) in [5, 5.41) is 12.5. The Morgan fingerprint density at radius 3 is 2.83 bits per heavy atom. The number of carbonyl (C=O) groups excluding carboxylic acids is 2. The van der Waals surface area contributed by atoms with Crippen LogP contribution in [0.5, 0.6) is 5.75 Å². The molecular weight excluding hydrogens is 390 g/mol. The lowest BCUT2D eigenvalue weighted by Crippen LogP contribution is -2.37. The SMILES string of the molecule is CCOc1ccccc1C1C(C(=O)c2cccs2)=C(O)C(=O)N1CC1CCCO1. The Morgan fingerprint density at radius 2 is 2.14 bits per heavy atom. The van der Waals surface area contributed by atoms with Crippen molar-refractivity contribution in [3.63, 3.8) is 0 Å². The third-order valence-corrected chi connectivity index (χ3v) is 6.10. The van der Waals surface area contributed by atoms with Gasteiger partial charge in [-0.15, -0.1) is 11.3 Å². The summed E-state index contributed by atoms with van der Waals surface area (Å²) in [5.41, 5.74) is 0.784. The first-order valence-corrected chi connectivity index (χ1v) is 10.7. The molecule has 3 heterocycles. The monoisotopic (exact) mass is 413 g/mol. The fraction of sp³-hybridized carbons (Fsp3) is 0.364. The van der Waals surface area contributed by atoms with Gasteiger partial charge < -0.3 is 19.5 Å². The molecule has 2 aromatic rings. The molecule has 1 amide bonds. The number of thiophene rings is 1. The van der Waals surface area contributed by atoms with Crippen LogP contribution in [0.3, 0.4) is 0 Å². The lowest BCUT2D eigenvalue weighted by atomic mass is 9.94. The number of rotatable bonds is 7. The van der Waals surface area contributed by atoms with Gasteiger partial charge in [-0.05, 0) is 37.3 Å². The normalized spacial score (nSPS) is 21.8. The minimum Gasteiger partial charge on any atom is -0.503 e. The fourth-order valence-corrected chi connectivity index (χ4v) is 4.62. The molecule has 0 bridgehead atoms. The quantitative estimate of drug-likeness (QED) is 0.697.